The van der Waals surface area contributed by atoms with Gasteiger partial charge in [-0.3, -0.25) is 4.79 Å². The Morgan fingerprint density at radius 1 is 1.22 bits per heavy atom. The van der Waals surface area contributed by atoms with Crippen LogP contribution in [0.2, 0.25) is 0 Å². The highest BCUT2D eigenvalue weighted by molar-refractivity contribution is 6.04. The second-order valence-corrected chi connectivity index (χ2v) is 4.06. The third-order valence-corrected chi connectivity index (χ3v) is 2.51. The molecule has 0 heterocycles. The molecule has 0 spiro atoms. The van der Waals surface area contributed by atoms with Crippen LogP contribution < -0.4 is 11.1 Å². The number of hydrogen-bond donors (Lipinski definition) is 2. The molecule has 0 aliphatic carbocycles. The fourth-order valence-corrected chi connectivity index (χ4v) is 1.64. The Balaban J connectivity index is 2.22. The fraction of sp³-hybridized carbons (Fsp3) is 0.0714. The van der Waals surface area contributed by atoms with Crippen LogP contribution in [0.3, 0.4) is 0 Å². The Labute approximate surface area is 104 Å². The molecule has 0 saturated heterocycles. The van der Waals surface area contributed by atoms with Gasteiger partial charge in [-0.15, -0.1) is 0 Å². The quantitative estimate of drug-likeness (QED) is 0.798. The molecule has 3 nitrogen and oxygen atoms in total. The number of rotatable bonds is 2. The highest BCUT2D eigenvalue weighted by Gasteiger charge is 2.11. The lowest BCUT2D eigenvalue weighted by atomic mass is 10.1. The van der Waals surface area contributed by atoms with Crippen LogP contribution in [0.25, 0.3) is 0 Å². The smallest absolute Gasteiger partial charge is 0.258 e. The van der Waals surface area contributed by atoms with Gasteiger partial charge in [0.05, 0.1) is 5.56 Å². The molecule has 18 heavy (non-hydrogen) atoms. The SMILES string of the molecule is Cc1cccc(NC(=O)c2ccc(N)cc2F)c1. The van der Waals surface area contributed by atoms with Crippen molar-refractivity contribution in [2.24, 2.45) is 0 Å². The van der Waals surface area contributed by atoms with Crippen LogP contribution in [-0.2, 0) is 0 Å². The van der Waals surface area contributed by atoms with E-state index in [0.717, 1.165) is 11.6 Å². The molecule has 0 saturated carbocycles. The van der Waals surface area contributed by atoms with Gasteiger partial charge in [0.2, 0.25) is 0 Å². The minimum atomic E-state index is -0.625. The van der Waals surface area contributed by atoms with Crippen molar-refractivity contribution in [2.45, 2.75) is 6.92 Å². The average molecular weight is 244 g/mol. The number of anilines is 2. The summed E-state index contributed by atoms with van der Waals surface area (Å²) in [5.74, 6) is -1.11. The van der Waals surface area contributed by atoms with Crippen molar-refractivity contribution in [2.75, 3.05) is 11.1 Å². The van der Waals surface area contributed by atoms with Crippen molar-refractivity contribution in [1.82, 2.24) is 0 Å². The number of nitrogens with two attached hydrogens (primary N) is 1. The molecule has 2 aromatic carbocycles. The number of benzene rings is 2. The molecule has 3 N–H and O–H groups in total. The summed E-state index contributed by atoms with van der Waals surface area (Å²) in [5.41, 5.74) is 7.35. The van der Waals surface area contributed by atoms with E-state index in [1.807, 2.05) is 25.1 Å². The van der Waals surface area contributed by atoms with Gasteiger partial charge in [-0.25, -0.2) is 4.39 Å². The molecule has 0 aliphatic heterocycles. The van der Waals surface area contributed by atoms with Gasteiger partial charge in [-0.2, -0.15) is 0 Å². The van der Waals surface area contributed by atoms with Gasteiger partial charge in [0.15, 0.2) is 0 Å². The molecule has 0 radical (unpaired) electrons. The van der Waals surface area contributed by atoms with Crippen LogP contribution in [0.4, 0.5) is 15.8 Å². The maximum absolute atomic E-state index is 13.5. The van der Waals surface area contributed by atoms with Gasteiger partial charge in [0.1, 0.15) is 5.82 Å². The van der Waals surface area contributed by atoms with Gasteiger partial charge in [0, 0.05) is 11.4 Å². The first-order valence-corrected chi connectivity index (χ1v) is 5.49. The Kier molecular flexibility index (Phi) is 3.28. The minimum Gasteiger partial charge on any atom is -0.399 e. The first-order chi connectivity index (χ1) is 8.56. The maximum Gasteiger partial charge on any atom is 0.258 e. The van der Waals surface area contributed by atoms with Crippen LogP contribution >= 0.6 is 0 Å². The molecule has 0 fully saturated rings. The van der Waals surface area contributed by atoms with E-state index in [4.69, 9.17) is 5.73 Å². The van der Waals surface area contributed by atoms with Gasteiger partial charge in [0.25, 0.3) is 5.91 Å². The number of nitrogen functional groups attached to an aromatic ring is 1. The monoisotopic (exact) mass is 244 g/mol. The summed E-state index contributed by atoms with van der Waals surface area (Å²) in [7, 11) is 0. The predicted octanol–water partition coefficient (Wildman–Crippen LogP) is 2.97. The molecule has 0 aromatic heterocycles. The lowest BCUT2D eigenvalue weighted by molar-refractivity contribution is 0.102. The highest BCUT2D eigenvalue weighted by atomic mass is 19.1. The molecule has 4 heteroatoms. The van der Waals surface area contributed by atoms with E-state index in [-0.39, 0.29) is 5.56 Å². The van der Waals surface area contributed by atoms with E-state index >= 15 is 0 Å². The Morgan fingerprint density at radius 3 is 2.67 bits per heavy atom. The number of halogens is 1. The van der Waals surface area contributed by atoms with E-state index in [1.165, 1.54) is 12.1 Å². The summed E-state index contributed by atoms with van der Waals surface area (Å²) >= 11 is 0. The van der Waals surface area contributed by atoms with E-state index in [1.54, 1.807) is 6.07 Å². The van der Waals surface area contributed by atoms with Crippen molar-refractivity contribution in [3.05, 3.63) is 59.4 Å². The number of carbonyl (C=O) groups is 1. The average Bonchev–Trinajstić information content (AvgIpc) is 2.28. The summed E-state index contributed by atoms with van der Waals surface area (Å²) in [5, 5.41) is 2.64. The second kappa shape index (κ2) is 4.87. The molecule has 2 rings (SSSR count). The van der Waals surface area contributed by atoms with Crippen LogP contribution in [0, 0.1) is 12.7 Å². The molecule has 0 aliphatic rings. The molecular formula is C14H13FN2O. The van der Waals surface area contributed by atoms with Gasteiger partial charge in [-0.1, -0.05) is 12.1 Å². The van der Waals surface area contributed by atoms with Crippen LogP contribution in [0.1, 0.15) is 15.9 Å². The molecule has 0 unspecified atom stereocenters. The van der Waals surface area contributed by atoms with Crippen molar-refractivity contribution in [3.63, 3.8) is 0 Å². The Morgan fingerprint density at radius 2 is 2.00 bits per heavy atom. The summed E-state index contributed by atoms with van der Waals surface area (Å²) in [4.78, 5) is 11.9. The standard InChI is InChI=1S/C14H13FN2O/c1-9-3-2-4-11(7-9)17-14(18)12-6-5-10(16)8-13(12)15/h2-8H,16H2,1H3,(H,17,18). The molecule has 2 aromatic rings. The normalized spacial score (nSPS) is 10.1. The van der Waals surface area contributed by atoms with E-state index in [9.17, 15) is 9.18 Å². The number of hydrogen-bond acceptors (Lipinski definition) is 2. The van der Waals surface area contributed by atoms with Crippen molar-refractivity contribution < 1.29 is 9.18 Å². The first kappa shape index (κ1) is 12.1. The lowest BCUT2D eigenvalue weighted by Gasteiger charge is -2.07. The van der Waals surface area contributed by atoms with Crippen molar-refractivity contribution in [3.8, 4) is 0 Å². The molecule has 0 atom stereocenters. The van der Waals surface area contributed by atoms with Crippen molar-refractivity contribution in [1.29, 1.82) is 0 Å². The first-order valence-electron chi connectivity index (χ1n) is 5.49. The van der Waals surface area contributed by atoms with Crippen molar-refractivity contribution >= 4 is 17.3 Å². The zero-order valence-electron chi connectivity index (χ0n) is 9.91. The van der Waals surface area contributed by atoms with Gasteiger partial charge >= 0.3 is 0 Å². The third kappa shape index (κ3) is 2.66. The second-order valence-electron chi connectivity index (χ2n) is 4.06. The van der Waals surface area contributed by atoms with Crippen LogP contribution in [0.5, 0.6) is 0 Å². The minimum absolute atomic E-state index is 0.0225. The maximum atomic E-state index is 13.5. The summed E-state index contributed by atoms with van der Waals surface area (Å²) in [6.07, 6.45) is 0. The largest absolute Gasteiger partial charge is 0.399 e. The van der Waals surface area contributed by atoms with Gasteiger partial charge in [-0.05, 0) is 42.8 Å². The third-order valence-electron chi connectivity index (χ3n) is 2.51. The van der Waals surface area contributed by atoms with E-state index in [2.05, 4.69) is 5.32 Å². The van der Waals surface area contributed by atoms with Crippen LogP contribution in [0.15, 0.2) is 42.5 Å². The Hall–Kier alpha value is -2.36. The highest BCUT2D eigenvalue weighted by Crippen LogP contribution is 2.15. The molecular weight excluding hydrogens is 231 g/mol. The topological polar surface area (TPSA) is 55.1 Å². The molecule has 1 amide bonds. The lowest BCUT2D eigenvalue weighted by Crippen LogP contribution is -2.14. The Bertz CT molecular complexity index is 596. The molecule has 0 bridgehead atoms. The number of amides is 1. The molecule has 92 valence electrons. The summed E-state index contributed by atoms with van der Waals surface area (Å²) in [6.45, 7) is 1.92. The van der Waals surface area contributed by atoms with Crippen LogP contribution in [-0.4, -0.2) is 5.91 Å². The van der Waals surface area contributed by atoms with Gasteiger partial charge < -0.3 is 11.1 Å². The zero-order valence-corrected chi connectivity index (χ0v) is 9.91. The predicted molar refractivity (Wildman–Crippen MR) is 69.9 cm³/mol. The fourth-order valence-electron chi connectivity index (χ4n) is 1.64. The summed E-state index contributed by atoms with van der Waals surface area (Å²) < 4.78 is 13.5. The number of carbonyl (C=O) groups excluding carboxylic acids is 1. The zero-order chi connectivity index (χ0) is 13.1. The summed E-state index contributed by atoms with van der Waals surface area (Å²) in [6, 6.07) is 11.3. The van der Waals surface area contributed by atoms with E-state index < -0.39 is 11.7 Å². The van der Waals surface area contributed by atoms with E-state index in [0.29, 0.717) is 11.4 Å². The number of aryl methyl sites for hydroxylation is 1. The number of nitrogens with one attached hydrogen (secondary N) is 1.